The number of halogens is 2. The smallest absolute Gasteiger partial charge is 0.261 e. The third-order valence-corrected chi connectivity index (χ3v) is 4.88. The van der Waals surface area contributed by atoms with Crippen LogP contribution in [0.15, 0.2) is 60.8 Å². The molecule has 1 aliphatic rings. The van der Waals surface area contributed by atoms with Crippen molar-refractivity contribution >= 4 is 40.6 Å². The first-order valence-corrected chi connectivity index (χ1v) is 8.87. The van der Waals surface area contributed by atoms with Crippen molar-refractivity contribution in [3.63, 3.8) is 0 Å². The van der Waals surface area contributed by atoms with Crippen molar-refractivity contribution in [2.45, 2.75) is 13.1 Å². The fourth-order valence-electron chi connectivity index (χ4n) is 3.10. The molecule has 1 amide bonds. The van der Waals surface area contributed by atoms with Crippen LogP contribution in [0, 0.1) is 6.92 Å². The van der Waals surface area contributed by atoms with Gasteiger partial charge in [0.15, 0.2) is 0 Å². The van der Waals surface area contributed by atoms with E-state index in [1.165, 1.54) is 0 Å². The largest absolute Gasteiger partial charge is 0.360 e. The van der Waals surface area contributed by atoms with Gasteiger partial charge in [0.2, 0.25) is 0 Å². The number of hydrogen-bond acceptors (Lipinski definition) is 3. The molecule has 0 unspecified atom stereocenters. The molecule has 0 radical (unpaired) electrons. The number of nitrogens with one attached hydrogen (secondary N) is 1. The van der Waals surface area contributed by atoms with Gasteiger partial charge in [-0.2, -0.15) is 0 Å². The summed E-state index contributed by atoms with van der Waals surface area (Å²) in [6.07, 6.45) is 1.29. The molecule has 2 heterocycles. The number of aromatic nitrogens is 1. The minimum Gasteiger partial charge on any atom is -0.360 e. The number of carbonyl (C=O) groups is 1. The molecule has 1 aromatic heterocycles. The molecule has 0 saturated heterocycles. The Bertz CT molecular complexity index is 1010. The van der Waals surface area contributed by atoms with Gasteiger partial charge >= 0.3 is 0 Å². The van der Waals surface area contributed by atoms with Crippen LogP contribution in [0.4, 0.5) is 11.5 Å². The van der Waals surface area contributed by atoms with Crippen LogP contribution in [0.25, 0.3) is 0 Å². The van der Waals surface area contributed by atoms with Gasteiger partial charge in [0.1, 0.15) is 12.0 Å². The first kappa shape index (κ1) is 16.9. The molecule has 0 spiro atoms. The highest BCUT2D eigenvalue weighted by molar-refractivity contribution is 6.36. The van der Waals surface area contributed by atoms with Crippen LogP contribution in [0.3, 0.4) is 0 Å². The van der Waals surface area contributed by atoms with E-state index >= 15 is 0 Å². The fraction of sp³-hybridized carbons (Fsp3) is 0.100. The van der Waals surface area contributed by atoms with E-state index in [-0.39, 0.29) is 5.91 Å². The summed E-state index contributed by atoms with van der Waals surface area (Å²) >= 11 is 12.3. The highest BCUT2D eigenvalue weighted by Crippen LogP contribution is 2.39. The monoisotopic (exact) mass is 383 g/mol. The number of rotatable bonds is 3. The number of nitrogens with zero attached hydrogens (tertiary/aromatic N) is 2. The molecule has 1 atom stereocenters. The zero-order valence-corrected chi connectivity index (χ0v) is 15.4. The predicted octanol–water partition coefficient (Wildman–Crippen LogP) is 5.47. The van der Waals surface area contributed by atoms with Gasteiger partial charge in [0.25, 0.3) is 5.91 Å². The molecule has 1 N–H and O–H groups in total. The quantitative estimate of drug-likeness (QED) is 0.652. The van der Waals surface area contributed by atoms with Gasteiger partial charge in [-0.3, -0.25) is 9.69 Å². The molecule has 3 aromatic rings. The highest BCUT2D eigenvalue weighted by atomic mass is 35.5. The Labute approximate surface area is 161 Å². The second kappa shape index (κ2) is 6.63. The van der Waals surface area contributed by atoms with Gasteiger partial charge in [-0.1, -0.05) is 41.4 Å². The summed E-state index contributed by atoms with van der Waals surface area (Å²) in [5.74, 6) is 0.495. The lowest BCUT2D eigenvalue weighted by Crippen LogP contribution is -2.33. The Morgan fingerprint density at radius 1 is 1.08 bits per heavy atom. The molecule has 4 rings (SSSR count). The lowest BCUT2D eigenvalue weighted by atomic mass is 10.1. The van der Waals surface area contributed by atoms with E-state index in [0.717, 1.165) is 11.1 Å². The normalized spacial score (nSPS) is 15.9. The number of fused-ring (bicyclic) bond motifs is 1. The number of aryl methyl sites for hydroxylation is 1. The minimum atomic E-state index is -0.410. The summed E-state index contributed by atoms with van der Waals surface area (Å²) in [6, 6.07) is 16.6. The summed E-state index contributed by atoms with van der Waals surface area (Å²) in [5, 5.41) is 4.41. The van der Waals surface area contributed by atoms with Crippen molar-refractivity contribution in [2.24, 2.45) is 0 Å². The number of pyridine rings is 1. The average Bonchev–Trinajstić information content (AvgIpc) is 2.90. The maximum atomic E-state index is 13.0. The molecular formula is C20H15Cl2N3O. The second-order valence-corrected chi connectivity index (χ2v) is 6.97. The zero-order chi connectivity index (χ0) is 18.3. The van der Waals surface area contributed by atoms with E-state index in [4.69, 9.17) is 23.2 Å². The standard InChI is InChI=1S/C20H15Cl2N3O/c1-12-8-9-23-18(10-12)25-19(14-4-2-3-5-15(14)20(25)26)24-17-7-6-13(21)11-16(17)22/h2-11,19,24H,1H3/t19-/m1/s1. The van der Waals surface area contributed by atoms with Crippen LogP contribution >= 0.6 is 23.2 Å². The van der Waals surface area contributed by atoms with Crippen molar-refractivity contribution in [3.8, 4) is 0 Å². The maximum absolute atomic E-state index is 13.0. The van der Waals surface area contributed by atoms with E-state index in [1.807, 2.05) is 43.3 Å². The molecule has 0 saturated carbocycles. The number of anilines is 2. The topological polar surface area (TPSA) is 45.2 Å². The third-order valence-electron chi connectivity index (χ3n) is 4.33. The molecule has 4 nitrogen and oxygen atoms in total. The van der Waals surface area contributed by atoms with E-state index < -0.39 is 6.17 Å². The van der Waals surface area contributed by atoms with Gasteiger partial charge in [-0.15, -0.1) is 0 Å². The van der Waals surface area contributed by atoms with Gasteiger partial charge < -0.3 is 5.32 Å². The molecule has 1 aliphatic heterocycles. The SMILES string of the molecule is Cc1ccnc(N2C(=O)c3ccccc3[C@@H]2Nc2ccc(Cl)cc2Cl)c1. The number of hydrogen-bond donors (Lipinski definition) is 1. The minimum absolute atomic E-state index is 0.0960. The van der Waals surface area contributed by atoms with E-state index in [9.17, 15) is 4.79 Å². The van der Waals surface area contributed by atoms with E-state index in [2.05, 4.69) is 10.3 Å². The van der Waals surface area contributed by atoms with Crippen LogP contribution in [-0.2, 0) is 0 Å². The molecule has 26 heavy (non-hydrogen) atoms. The fourth-order valence-corrected chi connectivity index (χ4v) is 3.56. The van der Waals surface area contributed by atoms with Crippen LogP contribution in [0.1, 0.15) is 27.7 Å². The highest BCUT2D eigenvalue weighted by Gasteiger charge is 2.38. The van der Waals surface area contributed by atoms with Gasteiger partial charge in [-0.25, -0.2) is 4.98 Å². The number of amides is 1. The molecule has 2 aromatic carbocycles. The molecule has 0 aliphatic carbocycles. The third kappa shape index (κ3) is 2.91. The summed E-state index contributed by atoms with van der Waals surface area (Å²) in [6.45, 7) is 1.97. The van der Waals surface area contributed by atoms with Crippen molar-refractivity contribution in [3.05, 3.63) is 87.5 Å². The zero-order valence-electron chi connectivity index (χ0n) is 13.9. The Morgan fingerprint density at radius 2 is 1.88 bits per heavy atom. The summed E-state index contributed by atoms with van der Waals surface area (Å²) < 4.78 is 0. The summed E-state index contributed by atoms with van der Waals surface area (Å²) in [4.78, 5) is 19.1. The molecular weight excluding hydrogens is 369 g/mol. The van der Waals surface area contributed by atoms with Crippen LogP contribution in [0.2, 0.25) is 10.0 Å². The molecule has 0 fully saturated rings. The van der Waals surface area contributed by atoms with Gasteiger partial charge in [0, 0.05) is 22.3 Å². The van der Waals surface area contributed by atoms with Crippen molar-refractivity contribution in [1.82, 2.24) is 4.98 Å². The average molecular weight is 384 g/mol. The van der Waals surface area contributed by atoms with Crippen LogP contribution < -0.4 is 10.2 Å². The van der Waals surface area contributed by atoms with Crippen LogP contribution in [-0.4, -0.2) is 10.9 Å². The predicted molar refractivity (Wildman–Crippen MR) is 105 cm³/mol. The van der Waals surface area contributed by atoms with E-state index in [0.29, 0.717) is 27.1 Å². The lowest BCUT2D eigenvalue weighted by molar-refractivity contribution is 0.0992. The van der Waals surface area contributed by atoms with E-state index in [1.54, 1.807) is 29.3 Å². The molecule has 130 valence electrons. The van der Waals surface area contributed by atoms with Crippen LogP contribution in [0.5, 0.6) is 0 Å². The van der Waals surface area contributed by atoms with Gasteiger partial charge in [-0.05, 0) is 48.9 Å². The second-order valence-electron chi connectivity index (χ2n) is 6.12. The lowest BCUT2D eigenvalue weighted by Gasteiger charge is -2.27. The Balaban J connectivity index is 1.81. The molecule has 0 bridgehead atoms. The van der Waals surface area contributed by atoms with Crippen molar-refractivity contribution < 1.29 is 4.79 Å². The summed E-state index contributed by atoms with van der Waals surface area (Å²) in [5.41, 5.74) is 3.26. The van der Waals surface area contributed by atoms with Crippen molar-refractivity contribution in [1.29, 1.82) is 0 Å². The first-order valence-electron chi connectivity index (χ1n) is 8.11. The first-order chi connectivity index (χ1) is 12.5. The molecule has 6 heteroatoms. The maximum Gasteiger partial charge on any atom is 0.261 e. The number of benzene rings is 2. The summed E-state index contributed by atoms with van der Waals surface area (Å²) in [7, 11) is 0. The Kier molecular flexibility index (Phi) is 4.31. The Morgan fingerprint density at radius 3 is 2.65 bits per heavy atom. The number of carbonyl (C=O) groups excluding carboxylic acids is 1. The Hall–Kier alpha value is -2.56. The van der Waals surface area contributed by atoms with Crippen molar-refractivity contribution in [2.75, 3.05) is 10.2 Å². The van der Waals surface area contributed by atoms with Gasteiger partial charge in [0.05, 0.1) is 10.7 Å².